The van der Waals surface area contributed by atoms with Crippen molar-refractivity contribution in [1.82, 2.24) is 10.6 Å². The molecule has 7 heteroatoms. The molecule has 3 N–H and O–H groups in total. The second-order valence-corrected chi connectivity index (χ2v) is 5.79. The third-order valence-corrected chi connectivity index (χ3v) is 3.54. The molecule has 1 atom stereocenters. The number of carbonyl (C=O) groups excluding carboxylic acids is 1. The molecular weight excluding hydrogens is 431 g/mol. The SMILES string of the molecule is CCOC(CCNC(=NC)NCC(=O)Nc1ccccc1)C(C)C.I. The van der Waals surface area contributed by atoms with Crippen LogP contribution < -0.4 is 16.0 Å². The highest BCUT2D eigenvalue weighted by Gasteiger charge is 2.13. The summed E-state index contributed by atoms with van der Waals surface area (Å²) in [5.41, 5.74) is 0.781. The van der Waals surface area contributed by atoms with E-state index in [2.05, 4.69) is 34.8 Å². The first-order chi connectivity index (χ1) is 11.6. The lowest BCUT2D eigenvalue weighted by molar-refractivity contribution is -0.115. The van der Waals surface area contributed by atoms with Crippen molar-refractivity contribution >= 4 is 41.5 Å². The van der Waals surface area contributed by atoms with Crippen LogP contribution in [0.1, 0.15) is 27.2 Å². The molecule has 1 unspecified atom stereocenters. The Balaban J connectivity index is 0.00000576. The van der Waals surface area contributed by atoms with E-state index < -0.39 is 0 Å². The number of rotatable bonds is 9. The van der Waals surface area contributed by atoms with Crippen LogP contribution in [0.25, 0.3) is 0 Å². The van der Waals surface area contributed by atoms with Crippen molar-refractivity contribution in [2.45, 2.75) is 33.3 Å². The van der Waals surface area contributed by atoms with Gasteiger partial charge in [-0.2, -0.15) is 0 Å². The molecule has 1 aromatic carbocycles. The van der Waals surface area contributed by atoms with E-state index in [9.17, 15) is 4.79 Å². The van der Waals surface area contributed by atoms with E-state index in [4.69, 9.17) is 4.74 Å². The number of aliphatic imine (C=N–C) groups is 1. The summed E-state index contributed by atoms with van der Waals surface area (Å²) in [6.45, 7) is 7.93. The topological polar surface area (TPSA) is 74.8 Å². The van der Waals surface area contributed by atoms with Crippen LogP contribution in [-0.2, 0) is 9.53 Å². The first-order valence-corrected chi connectivity index (χ1v) is 8.47. The van der Waals surface area contributed by atoms with E-state index in [-0.39, 0.29) is 42.5 Å². The standard InChI is InChI=1S/C18H30N4O2.HI/c1-5-24-16(14(2)3)11-12-20-18(19-4)21-13-17(23)22-15-9-7-6-8-10-15;/h6-10,14,16H,5,11-13H2,1-4H3,(H,22,23)(H2,19,20,21);1H. The number of benzene rings is 1. The van der Waals surface area contributed by atoms with Crippen LogP contribution in [0.4, 0.5) is 5.69 Å². The van der Waals surface area contributed by atoms with E-state index >= 15 is 0 Å². The van der Waals surface area contributed by atoms with Crippen LogP contribution in [0.2, 0.25) is 0 Å². The summed E-state index contributed by atoms with van der Waals surface area (Å²) in [6, 6.07) is 9.38. The Hall–Kier alpha value is -1.35. The van der Waals surface area contributed by atoms with Gasteiger partial charge >= 0.3 is 0 Å². The number of ether oxygens (including phenoxy) is 1. The maximum absolute atomic E-state index is 11.9. The highest BCUT2D eigenvalue weighted by Crippen LogP contribution is 2.09. The minimum atomic E-state index is -0.112. The number of halogens is 1. The monoisotopic (exact) mass is 462 g/mol. The highest BCUT2D eigenvalue weighted by atomic mass is 127. The fourth-order valence-electron chi connectivity index (χ4n) is 2.27. The molecule has 1 aromatic rings. The summed E-state index contributed by atoms with van der Waals surface area (Å²) < 4.78 is 5.72. The molecule has 0 heterocycles. The van der Waals surface area contributed by atoms with Crippen LogP contribution >= 0.6 is 24.0 Å². The Morgan fingerprint density at radius 1 is 1.20 bits per heavy atom. The van der Waals surface area contributed by atoms with Crippen molar-refractivity contribution in [1.29, 1.82) is 0 Å². The van der Waals surface area contributed by atoms with Crippen molar-refractivity contribution in [2.24, 2.45) is 10.9 Å². The number of hydrogen-bond donors (Lipinski definition) is 3. The Labute approximate surface area is 168 Å². The Kier molecular flexibility index (Phi) is 13.1. The van der Waals surface area contributed by atoms with Crippen molar-refractivity contribution < 1.29 is 9.53 Å². The lowest BCUT2D eigenvalue weighted by Gasteiger charge is -2.21. The highest BCUT2D eigenvalue weighted by molar-refractivity contribution is 14.0. The summed E-state index contributed by atoms with van der Waals surface area (Å²) in [5.74, 6) is 0.967. The van der Waals surface area contributed by atoms with Crippen molar-refractivity contribution in [2.75, 3.05) is 32.1 Å². The largest absolute Gasteiger partial charge is 0.378 e. The summed E-state index contributed by atoms with van der Waals surface area (Å²) in [7, 11) is 1.69. The molecule has 0 fully saturated rings. The molecule has 0 aliphatic heterocycles. The number of para-hydroxylation sites is 1. The molecule has 6 nitrogen and oxygen atoms in total. The Morgan fingerprint density at radius 3 is 2.44 bits per heavy atom. The van der Waals surface area contributed by atoms with Gasteiger partial charge < -0.3 is 20.7 Å². The van der Waals surface area contributed by atoms with E-state index in [1.165, 1.54) is 0 Å². The zero-order chi connectivity index (χ0) is 17.8. The number of carbonyl (C=O) groups is 1. The normalized spacial score (nSPS) is 12.3. The van der Waals surface area contributed by atoms with Crippen molar-refractivity contribution in [3.05, 3.63) is 30.3 Å². The molecule has 0 aliphatic rings. The fraction of sp³-hybridized carbons (Fsp3) is 0.556. The summed E-state index contributed by atoms with van der Waals surface area (Å²) in [4.78, 5) is 16.0. The number of nitrogens with one attached hydrogen (secondary N) is 3. The first kappa shape index (κ1) is 23.6. The predicted octanol–water partition coefficient (Wildman–Crippen LogP) is 2.86. The van der Waals surface area contributed by atoms with E-state index in [0.29, 0.717) is 11.9 Å². The van der Waals surface area contributed by atoms with Crippen LogP contribution in [-0.4, -0.2) is 44.7 Å². The minimum absolute atomic E-state index is 0. The molecule has 0 aliphatic carbocycles. The smallest absolute Gasteiger partial charge is 0.243 e. The van der Waals surface area contributed by atoms with Crippen LogP contribution in [0, 0.1) is 5.92 Å². The predicted molar refractivity (Wildman–Crippen MR) is 115 cm³/mol. The lowest BCUT2D eigenvalue weighted by atomic mass is 10.0. The molecule has 0 radical (unpaired) electrons. The minimum Gasteiger partial charge on any atom is -0.378 e. The third-order valence-electron chi connectivity index (χ3n) is 3.54. The summed E-state index contributed by atoms with van der Waals surface area (Å²) in [5, 5.41) is 9.04. The maximum Gasteiger partial charge on any atom is 0.243 e. The van der Waals surface area contributed by atoms with Gasteiger partial charge in [-0.25, -0.2) is 0 Å². The van der Waals surface area contributed by atoms with Gasteiger partial charge in [0.15, 0.2) is 5.96 Å². The second-order valence-electron chi connectivity index (χ2n) is 5.79. The number of amides is 1. The zero-order valence-electron chi connectivity index (χ0n) is 15.5. The van der Waals surface area contributed by atoms with Crippen molar-refractivity contribution in [3.63, 3.8) is 0 Å². The van der Waals surface area contributed by atoms with Gasteiger partial charge in [-0.05, 0) is 31.4 Å². The number of guanidine groups is 1. The van der Waals surface area contributed by atoms with Gasteiger partial charge in [-0.3, -0.25) is 9.79 Å². The van der Waals surface area contributed by atoms with Gasteiger partial charge in [-0.15, -0.1) is 24.0 Å². The third kappa shape index (κ3) is 10.3. The van der Waals surface area contributed by atoms with Crippen molar-refractivity contribution in [3.8, 4) is 0 Å². The van der Waals surface area contributed by atoms with Crippen LogP contribution in [0.5, 0.6) is 0 Å². The Bertz CT molecular complexity index is 509. The summed E-state index contributed by atoms with van der Waals surface area (Å²) >= 11 is 0. The second kappa shape index (κ2) is 13.9. The molecule has 25 heavy (non-hydrogen) atoms. The van der Waals surface area contributed by atoms with Crippen LogP contribution in [0.15, 0.2) is 35.3 Å². The molecule has 0 saturated carbocycles. The summed E-state index contributed by atoms with van der Waals surface area (Å²) in [6.07, 6.45) is 1.12. The molecule has 0 saturated heterocycles. The van der Waals surface area contributed by atoms with Gasteiger partial charge in [0, 0.05) is 25.9 Å². The molecule has 1 rings (SSSR count). The van der Waals surface area contributed by atoms with Crippen LogP contribution in [0.3, 0.4) is 0 Å². The number of hydrogen-bond acceptors (Lipinski definition) is 3. The molecule has 0 spiro atoms. The average Bonchev–Trinajstić information content (AvgIpc) is 2.57. The van der Waals surface area contributed by atoms with E-state index in [1.807, 2.05) is 37.3 Å². The van der Waals surface area contributed by atoms with Gasteiger partial charge in [0.2, 0.25) is 5.91 Å². The fourth-order valence-corrected chi connectivity index (χ4v) is 2.27. The zero-order valence-corrected chi connectivity index (χ0v) is 17.9. The molecule has 142 valence electrons. The average molecular weight is 462 g/mol. The maximum atomic E-state index is 11.9. The van der Waals surface area contributed by atoms with E-state index in [0.717, 1.165) is 25.3 Å². The first-order valence-electron chi connectivity index (χ1n) is 8.47. The van der Waals surface area contributed by atoms with Gasteiger partial charge in [0.25, 0.3) is 0 Å². The molecule has 0 aromatic heterocycles. The lowest BCUT2D eigenvalue weighted by Crippen LogP contribution is -2.42. The molecule has 0 bridgehead atoms. The Morgan fingerprint density at radius 2 is 1.88 bits per heavy atom. The number of anilines is 1. The molecular formula is C18H31IN4O2. The van der Waals surface area contributed by atoms with E-state index in [1.54, 1.807) is 7.05 Å². The number of nitrogens with zero attached hydrogens (tertiary/aromatic N) is 1. The van der Waals surface area contributed by atoms with Gasteiger partial charge in [0.05, 0.1) is 12.6 Å². The molecule has 1 amide bonds. The van der Waals surface area contributed by atoms with Gasteiger partial charge in [-0.1, -0.05) is 32.0 Å². The quantitative estimate of drug-likeness (QED) is 0.300. The van der Waals surface area contributed by atoms with Gasteiger partial charge in [0.1, 0.15) is 0 Å².